The van der Waals surface area contributed by atoms with Crippen molar-refractivity contribution in [3.63, 3.8) is 0 Å². The van der Waals surface area contributed by atoms with Crippen LogP contribution in [-0.2, 0) is 4.79 Å². The average Bonchev–Trinajstić information content (AvgIpc) is 3.36. The van der Waals surface area contributed by atoms with E-state index in [1.807, 2.05) is 54.3 Å². The highest BCUT2D eigenvalue weighted by Gasteiger charge is 2.36. The number of hydrogen-bond acceptors (Lipinski definition) is 3. The molecule has 0 bridgehead atoms. The van der Waals surface area contributed by atoms with Crippen molar-refractivity contribution in [3.05, 3.63) is 94.5 Å². The molecular weight excluding hydrogens is 406 g/mol. The first-order valence-corrected chi connectivity index (χ1v) is 11.0. The van der Waals surface area contributed by atoms with Crippen LogP contribution in [0.5, 0.6) is 0 Å². The predicted octanol–water partition coefficient (Wildman–Crippen LogP) is 5.56. The first-order valence-electron chi connectivity index (χ1n) is 10.6. The smallest absolute Gasteiger partial charge is 0.278 e. The number of nitrogens with zero attached hydrogens (tertiary/aromatic N) is 3. The van der Waals surface area contributed by atoms with Crippen LogP contribution >= 0.6 is 11.6 Å². The summed E-state index contributed by atoms with van der Waals surface area (Å²) in [5, 5.41) is 0.654. The van der Waals surface area contributed by atoms with Gasteiger partial charge in [-0.25, -0.2) is 4.99 Å². The third-order valence-corrected chi connectivity index (χ3v) is 6.59. The fourth-order valence-electron chi connectivity index (χ4n) is 4.45. The molecule has 0 aliphatic carbocycles. The molecule has 4 nitrogen and oxygen atoms in total. The summed E-state index contributed by atoms with van der Waals surface area (Å²) in [7, 11) is 0. The molecule has 5 rings (SSSR count). The van der Waals surface area contributed by atoms with Gasteiger partial charge in [0, 0.05) is 23.7 Å². The third kappa shape index (κ3) is 3.89. The summed E-state index contributed by atoms with van der Waals surface area (Å²) in [6, 6.07) is 24.2. The van der Waals surface area contributed by atoms with Gasteiger partial charge in [0.15, 0.2) is 0 Å². The highest BCUT2D eigenvalue weighted by Crippen LogP contribution is 2.33. The van der Waals surface area contributed by atoms with Crippen molar-refractivity contribution in [3.8, 4) is 0 Å². The highest BCUT2D eigenvalue weighted by molar-refractivity contribution is 6.54. The van der Waals surface area contributed by atoms with Crippen LogP contribution in [0.3, 0.4) is 0 Å². The number of likely N-dealkylation sites (tertiary alicyclic amines) is 1. The first-order chi connectivity index (χ1) is 15.1. The normalized spacial score (nSPS) is 19.9. The number of rotatable bonds is 4. The molecule has 2 aliphatic heterocycles. The van der Waals surface area contributed by atoms with Crippen LogP contribution < -0.4 is 4.90 Å². The summed E-state index contributed by atoms with van der Waals surface area (Å²) in [6.07, 6.45) is 1.11. The zero-order valence-corrected chi connectivity index (χ0v) is 18.2. The number of carbonyl (C=O) groups excluding carboxylic acids is 1. The molecule has 0 saturated carbocycles. The molecule has 2 aliphatic rings. The minimum Gasteiger partial charge on any atom is -0.293 e. The molecule has 1 saturated heterocycles. The largest absolute Gasteiger partial charge is 0.293 e. The molecule has 0 spiro atoms. The SMILES string of the molecule is Cc1ccc(N=C2C(=O)N(CN3CCC(c4ccccc4)C3)c3ccccc32)cc1Cl. The van der Waals surface area contributed by atoms with Gasteiger partial charge in [-0.2, -0.15) is 0 Å². The molecular formula is C26H24ClN3O. The summed E-state index contributed by atoms with van der Waals surface area (Å²) < 4.78 is 0. The first kappa shape index (κ1) is 20.0. The van der Waals surface area contributed by atoms with E-state index in [-0.39, 0.29) is 5.91 Å². The van der Waals surface area contributed by atoms with E-state index in [0.29, 0.717) is 29.0 Å². The molecule has 1 fully saturated rings. The predicted molar refractivity (Wildman–Crippen MR) is 127 cm³/mol. The number of para-hydroxylation sites is 1. The van der Waals surface area contributed by atoms with Crippen LogP contribution in [-0.4, -0.2) is 36.3 Å². The number of aryl methyl sites for hydroxylation is 1. The lowest BCUT2D eigenvalue weighted by Gasteiger charge is -2.24. The van der Waals surface area contributed by atoms with Crippen LogP contribution in [0.1, 0.15) is 29.0 Å². The standard InChI is InChI=1S/C26H24ClN3O/c1-18-11-12-21(15-23(18)27)28-25-22-9-5-6-10-24(22)30(26(25)31)17-29-14-13-20(16-29)19-7-3-2-4-8-19/h2-12,15,20H,13-14,16-17H2,1H3. The van der Waals surface area contributed by atoms with Gasteiger partial charge in [-0.3, -0.25) is 14.6 Å². The molecule has 5 heteroatoms. The van der Waals surface area contributed by atoms with Crippen molar-refractivity contribution >= 4 is 34.6 Å². The highest BCUT2D eigenvalue weighted by atomic mass is 35.5. The van der Waals surface area contributed by atoms with Crippen LogP contribution in [0.15, 0.2) is 77.8 Å². The van der Waals surface area contributed by atoms with E-state index < -0.39 is 0 Å². The number of benzene rings is 3. The Balaban J connectivity index is 1.40. The molecule has 1 unspecified atom stereocenters. The molecule has 0 radical (unpaired) electrons. The Kier molecular flexibility index (Phi) is 5.34. The molecule has 1 amide bonds. The van der Waals surface area contributed by atoms with Crippen molar-refractivity contribution in [2.75, 3.05) is 24.7 Å². The van der Waals surface area contributed by atoms with E-state index in [4.69, 9.17) is 16.6 Å². The van der Waals surface area contributed by atoms with Crippen molar-refractivity contribution in [2.24, 2.45) is 4.99 Å². The lowest BCUT2D eigenvalue weighted by molar-refractivity contribution is -0.112. The van der Waals surface area contributed by atoms with E-state index in [1.165, 1.54) is 5.56 Å². The van der Waals surface area contributed by atoms with Crippen LogP contribution in [0.25, 0.3) is 0 Å². The minimum atomic E-state index is -0.0546. The molecule has 0 aromatic heterocycles. The van der Waals surface area contributed by atoms with Crippen molar-refractivity contribution in [1.29, 1.82) is 0 Å². The third-order valence-electron chi connectivity index (χ3n) is 6.18. The Bertz CT molecular complexity index is 1160. The average molecular weight is 430 g/mol. The summed E-state index contributed by atoms with van der Waals surface area (Å²) in [4.78, 5) is 22.3. The fraction of sp³-hybridized carbons (Fsp3) is 0.231. The number of halogens is 1. The van der Waals surface area contributed by atoms with Gasteiger partial charge in [-0.15, -0.1) is 0 Å². The monoisotopic (exact) mass is 429 g/mol. The Morgan fingerprint density at radius 2 is 1.81 bits per heavy atom. The summed E-state index contributed by atoms with van der Waals surface area (Å²) >= 11 is 6.27. The molecule has 156 valence electrons. The second-order valence-electron chi connectivity index (χ2n) is 8.26. The maximum Gasteiger partial charge on any atom is 0.278 e. The number of carbonyl (C=O) groups is 1. The Labute approximate surface area is 187 Å². The minimum absolute atomic E-state index is 0.0546. The molecule has 3 aromatic rings. The van der Waals surface area contributed by atoms with Crippen LogP contribution in [0, 0.1) is 6.92 Å². The number of aliphatic imine (C=N–C) groups is 1. The van der Waals surface area contributed by atoms with Crippen LogP contribution in [0.4, 0.5) is 11.4 Å². The fourth-order valence-corrected chi connectivity index (χ4v) is 4.62. The van der Waals surface area contributed by atoms with E-state index in [9.17, 15) is 4.79 Å². The second-order valence-corrected chi connectivity index (χ2v) is 8.67. The summed E-state index contributed by atoms with van der Waals surface area (Å²) in [6.45, 7) is 4.46. The molecule has 3 aromatic carbocycles. The van der Waals surface area contributed by atoms with Gasteiger partial charge in [0.25, 0.3) is 5.91 Å². The van der Waals surface area contributed by atoms with Crippen molar-refractivity contribution in [2.45, 2.75) is 19.3 Å². The van der Waals surface area contributed by atoms with Crippen molar-refractivity contribution in [1.82, 2.24) is 4.90 Å². The summed E-state index contributed by atoms with van der Waals surface area (Å²) in [5.74, 6) is 0.457. The van der Waals surface area contributed by atoms with E-state index in [2.05, 4.69) is 35.2 Å². The topological polar surface area (TPSA) is 35.9 Å². The van der Waals surface area contributed by atoms with Gasteiger partial charge in [0.1, 0.15) is 5.71 Å². The van der Waals surface area contributed by atoms with Gasteiger partial charge in [-0.1, -0.05) is 66.2 Å². The van der Waals surface area contributed by atoms with Gasteiger partial charge in [0.05, 0.1) is 18.0 Å². The van der Waals surface area contributed by atoms with Gasteiger partial charge in [-0.05, 0) is 48.6 Å². The molecule has 1 atom stereocenters. The van der Waals surface area contributed by atoms with E-state index in [1.54, 1.807) is 0 Å². The Morgan fingerprint density at radius 1 is 1.03 bits per heavy atom. The number of anilines is 1. The van der Waals surface area contributed by atoms with Crippen LogP contribution in [0.2, 0.25) is 5.02 Å². The maximum absolute atomic E-state index is 13.4. The van der Waals surface area contributed by atoms with Gasteiger partial charge >= 0.3 is 0 Å². The molecule has 2 heterocycles. The Hall–Kier alpha value is -2.95. The number of fused-ring (bicyclic) bond motifs is 1. The van der Waals surface area contributed by atoms with Crippen molar-refractivity contribution < 1.29 is 4.79 Å². The Morgan fingerprint density at radius 3 is 2.61 bits per heavy atom. The number of hydrogen-bond donors (Lipinski definition) is 0. The quantitative estimate of drug-likeness (QED) is 0.544. The van der Waals surface area contributed by atoms with E-state index in [0.717, 1.165) is 36.3 Å². The molecule has 0 N–H and O–H groups in total. The lowest BCUT2D eigenvalue weighted by atomic mass is 9.99. The zero-order valence-electron chi connectivity index (χ0n) is 17.5. The van der Waals surface area contributed by atoms with E-state index >= 15 is 0 Å². The summed E-state index contributed by atoms with van der Waals surface area (Å²) in [5.41, 5.74) is 5.34. The molecule has 31 heavy (non-hydrogen) atoms. The van der Waals surface area contributed by atoms with Gasteiger partial charge in [0.2, 0.25) is 0 Å². The number of amides is 1. The van der Waals surface area contributed by atoms with Gasteiger partial charge < -0.3 is 0 Å². The zero-order chi connectivity index (χ0) is 21.4. The lowest BCUT2D eigenvalue weighted by Crippen LogP contribution is -2.40. The maximum atomic E-state index is 13.4. The second kappa shape index (κ2) is 8.29.